The molecule has 0 aliphatic rings. The molecule has 0 saturated heterocycles. The van der Waals surface area contributed by atoms with Crippen molar-refractivity contribution < 1.29 is 9.21 Å². The Balaban J connectivity index is 1.78. The van der Waals surface area contributed by atoms with Crippen LogP contribution in [0.5, 0.6) is 0 Å². The van der Waals surface area contributed by atoms with Crippen LogP contribution in [0, 0.1) is 6.92 Å². The van der Waals surface area contributed by atoms with Gasteiger partial charge in [-0.3, -0.25) is 4.79 Å². The lowest BCUT2D eigenvalue weighted by molar-refractivity contribution is -0.115. The van der Waals surface area contributed by atoms with E-state index in [-0.39, 0.29) is 17.9 Å². The molecule has 142 valence electrons. The van der Waals surface area contributed by atoms with Gasteiger partial charge < -0.3 is 15.1 Å². The lowest BCUT2D eigenvalue weighted by Gasteiger charge is -2.14. The smallest absolute Gasteiger partial charge is 0.239 e. The monoisotopic (exact) mass is 366 g/mol. The van der Waals surface area contributed by atoms with E-state index in [1.807, 2.05) is 49.4 Å². The summed E-state index contributed by atoms with van der Waals surface area (Å²) in [4.78, 5) is 12.4. The van der Waals surface area contributed by atoms with Gasteiger partial charge in [-0.1, -0.05) is 39.0 Å². The average molecular weight is 366 g/mol. The first kappa shape index (κ1) is 18.9. The molecule has 3 aromatic rings. The Bertz CT molecular complexity index is 905. The SMILES string of the molecule is Cc1ccccc1-n1nc(C(C)(C)C)cc1NC(=O)CNCc1ccco1. The van der Waals surface area contributed by atoms with Crippen molar-refractivity contribution in [3.05, 3.63) is 65.7 Å². The summed E-state index contributed by atoms with van der Waals surface area (Å²) >= 11 is 0. The van der Waals surface area contributed by atoms with Crippen molar-refractivity contribution in [2.45, 2.75) is 39.7 Å². The molecule has 1 amide bonds. The molecule has 0 bridgehead atoms. The summed E-state index contributed by atoms with van der Waals surface area (Å²) in [6.07, 6.45) is 1.62. The van der Waals surface area contributed by atoms with Gasteiger partial charge in [0.05, 0.1) is 30.7 Å². The highest BCUT2D eigenvalue weighted by Crippen LogP contribution is 2.27. The van der Waals surface area contributed by atoms with E-state index in [1.54, 1.807) is 10.9 Å². The highest BCUT2D eigenvalue weighted by atomic mass is 16.3. The van der Waals surface area contributed by atoms with Crippen LogP contribution < -0.4 is 10.6 Å². The molecule has 1 aromatic carbocycles. The van der Waals surface area contributed by atoms with E-state index in [9.17, 15) is 4.79 Å². The molecule has 0 aliphatic heterocycles. The number of benzene rings is 1. The minimum atomic E-state index is -0.128. The summed E-state index contributed by atoms with van der Waals surface area (Å²) in [6.45, 7) is 9.04. The molecule has 6 heteroatoms. The van der Waals surface area contributed by atoms with Gasteiger partial charge in [0.15, 0.2) is 0 Å². The first-order valence-electron chi connectivity index (χ1n) is 9.04. The number of hydrogen-bond donors (Lipinski definition) is 2. The zero-order valence-electron chi connectivity index (χ0n) is 16.2. The Labute approximate surface area is 159 Å². The summed E-state index contributed by atoms with van der Waals surface area (Å²) in [5.74, 6) is 1.33. The molecule has 3 rings (SSSR count). The quantitative estimate of drug-likeness (QED) is 0.696. The summed E-state index contributed by atoms with van der Waals surface area (Å²) in [5.41, 5.74) is 2.84. The predicted molar refractivity (Wildman–Crippen MR) is 106 cm³/mol. The molecule has 0 aliphatic carbocycles. The lowest BCUT2D eigenvalue weighted by atomic mass is 9.92. The van der Waals surface area contributed by atoms with Gasteiger partial charge in [0, 0.05) is 11.5 Å². The van der Waals surface area contributed by atoms with Crippen molar-refractivity contribution in [1.29, 1.82) is 0 Å². The maximum absolute atomic E-state index is 12.4. The maximum Gasteiger partial charge on any atom is 0.239 e. The fourth-order valence-corrected chi connectivity index (χ4v) is 2.72. The molecule has 0 saturated carbocycles. The Morgan fingerprint density at radius 2 is 1.96 bits per heavy atom. The number of carbonyl (C=O) groups is 1. The summed E-state index contributed by atoms with van der Waals surface area (Å²) in [7, 11) is 0. The summed E-state index contributed by atoms with van der Waals surface area (Å²) in [5, 5.41) is 10.8. The third-order valence-electron chi connectivity index (χ3n) is 4.25. The van der Waals surface area contributed by atoms with Crippen molar-refractivity contribution in [2.75, 3.05) is 11.9 Å². The van der Waals surface area contributed by atoms with E-state index in [1.165, 1.54) is 0 Å². The zero-order valence-corrected chi connectivity index (χ0v) is 16.2. The number of nitrogens with zero attached hydrogens (tertiary/aromatic N) is 2. The zero-order chi connectivity index (χ0) is 19.4. The molecule has 2 aromatic heterocycles. The van der Waals surface area contributed by atoms with E-state index in [0.29, 0.717) is 12.4 Å². The van der Waals surface area contributed by atoms with Crippen molar-refractivity contribution in [3.63, 3.8) is 0 Å². The largest absolute Gasteiger partial charge is 0.468 e. The first-order valence-corrected chi connectivity index (χ1v) is 9.04. The van der Waals surface area contributed by atoms with Crippen molar-refractivity contribution >= 4 is 11.7 Å². The molecule has 0 unspecified atom stereocenters. The summed E-state index contributed by atoms with van der Waals surface area (Å²) in [6, 6.07) is 13.6. The van der Waals surface area contributed by atoms with Crippen molar-refractivity contribution in [2.24, 2.45) is 0 Å². The van der Waals surface area contributed by atoms with Gasteiger partial charge in [-0.05, 0) is 30.7 Å². The van der Waals surface area contributed by atoms with Crippen LogP contribution in [-0.4, -0.2) is 22.2 Å². The van der Waals surface area contributed by atoms with E-state index < -0.39 is 0 Å². The number of carbonyl (C=O) groups excluding carboxylic acids is 1. The molecular formula is C21H26N4O2. The van der Waals surface area contributed by atoms with Crippen LogP contribution in [0.1, 0.15) is 37.8 Å². The van der Waals surface area contributed by atoms with Crippen LogP contribution in [0.3, 0.4) is 0 Å². The van der Waals surface area contributed by atoms with Gasteiger partial charge in [0.25, 0.3) is 0 Å². The molecule has 27 heavy (non-hydrogen) atoms. The van der Waals surface area contributed by atoms with Crippen LogP contribution in [0.25, 0.3) is 5.69 Å². The molecule has 0 atom stereocenters. The fraction of sp³-hybridized carbons (Fsp3) is 0.333. The first-order chi connectivity index (χ1) is 12.8. The molecular weight excluding hydrogens is 340 g/mol. The van der Waals surface area contributed by atoms with Gasteiger partial charge in [0.2, 0.25) is 5.91 Å². The van der Waals surface area contributed by atoms with Crippen molar-refractivity contribution in [3.8, 4) is 5.69 Å². The Kier molecular flexibility index (Phi) is 5.46. The van der Waals surface area contributed by atoms with Crippen molar-refractivity contribution in [1.82, 2.24) is 15.1 Å². The van der Waals surface area contributed by atoms with Gasteiger partial charge in [0.1, 0.15) is 11.6 Å². The predicted octanol–water partition coefficient (Wildman–Crippen LogP) is 3.80. The van der Waals surface area contributed by atoms with Gasteiger partial charge in [-0.15, -0.1) is 0 Å². The third-order valence-corrected chi connectivity index (χ3v) is 4.25. The van der Waals surface area contributed by atoms with Crippen LogP contribution in [-0.2, 0) is 16.8 Å². The normalized spacial score (nSPS) is 11.6. The molecule has 2 heterocycles. The molecule has 0 fully saturated rings. The fourth-order valence-electron chi connectivity index (χ4n) is 2.72. The second-order valence-electron chi connectivity index (χ2n) is 7.59. The Morgan fingerprint density at radius 3 is 2.63 bits per heavy atom. The van der Waals surface area contributed by atoms with E-state index in [2.05, 4.69) is 31.4 Å². The number of aromatic nitrogens is 2. The molecule has 0 radical (unpaired) electrons. The highest BCUT2D eigenvalue weighted by molar-refractivity contribution is 5.91. The number of aryl methyl sites for hydroxylation is 1. The topological polar surface area (TPSA) is 72.1 Å². The maximum atomic E-state index is 12.4. The second-order valence-corrected chi connectivity index (χ2v) is 7.59. The van der Waals surface area contributed by atoms with Gasteiger partial charge in [-0.2, -0.15) is 5.10 Å². The molecule has 0 spiro atoms. The number of furan rings is 1. The van der Waals surface area contributed by atoms with E-state index >= 15 is 0 Å². The van der Waals surface area contributed by atoms with E-state index in [0.717, 1.165) is 22.7 Å². The summed E-state index contributed by atoms with van der Waals surface area (Å²) < 4.78 is 7.06. The Hall–Kier alpha value is -2.86. The highest BCUT2D eigenvalue weighted by Gasteiger charge is 2.22. The van der Waals surface area contributed by atoms with E-state index in [4.69, 9.17) is 9.52 Å². The van der Waals surface area contributed by atoms with Gasteiger partial charge in [-0.25, -0.2) is 4.68 Å². The van der Waals surface area contributed by atoms with Crippen LogP contribution in [0.4, 0.5) is 5.82 Å². The number of rotatable bonds is 6. The standard InChI is InChI=1S/C21H26N4O2/c1-15-8-5-6-10-17(15)25-19(12-18(24-25)21(2,3)4)23-20(26)14-22-13-16-9-7-11-27-16/h5-12,22H,13-14H2,1-4H3,(H,23,26). The molecule has 6 nitrogen and oxygen atoms in total. The van der Waals surface area contributed by atoms with Crippen LogP contribution >= 0.6 is 0 Å². The minimum absolute atomic E-state index is 0.120. The number of anilines is 1. The molecule has 2 N–H and O–H groups in total. The number of para-hydroxylation sites is 1. The number of hydrogen-bond acceptors (Lipinski definition) is 4. The number of amides is 1. The lowest BCUT2D eigenvalue weighted by Crippen LogP contribution is -2.28. The second kappa shape index (κ2) is 7.80. The third kappa shape index (κ3) is 4.65. The Morgan fingerprint density at radius 1 is 1.19 bits per heavy atom. The van der Waals surface area contributed by atoms with Crippen LogP contribution in [0.2, 0.25) is 0 Å². The number of nitrogens with one attached hydrogen (secondary N) is 2. The average Bonchev–Trinajstić information content (AvgIpc) is 3.25. The van der Waals surface area contributed by atoms with Crippen LogP contribution in [0.15, 0.2) is 53.1 Å². The van der Waals surface area contributed by atoms with Gasteiger partial charge >= 0.3 is 0 Å². The minimum Gasteiger partial charge on any atom is -0.468 e.